The molecule has 0 spiro atoms. The van der Waals surface area contributed by atoms with E-state index >= 15 is 0 Å². The number of hydrogen-bond acceptors (Lipinski definition) is 5. The van der Waals surface area contributed by atoms with E-state index in [0.717, 1.165) is 62.6 Å². The number of hydrogen-bond donors (Lipinski definition) is 0. The van der Waals surface area contributed by atoms with Gasteiger partial charge in [0.2, 0.25) is 17.7 Å². The van der Waals surface area contributed by atoms with Crippen molar-refractivity contribution in [3.63, 3.8) is 0 Å². The minimum absolute atomic E-state index is 0.0326. The summed E-state index contributed by atoms with van der Waals surface area (Å²) in [7, 11) is 0. The zero-order valence-corrected chi connectivity index (χ0v) is 19.4. The van der Waals surface area contributed by atoms with Crippen molar-refractivity contribution in [2.45, 2.75) is 82.2 Å². The third-order valence-corrected chi connectivity index (χ3v) is 9.57. The molecule has 1 aromatic heterocycles. The van der Waals surface area contributed by atoms with Crippen LogP contribution >= 0.6 is 0 Å². The highest BCUT2D eigenvalue weighted by Gasteiger charge is 2.73. The Bertz CT molecular complexity index is 1180. The van der Waals surface area contributed by atoms with Crippen LogP contribution in [0.4, 0.5) is 10.1 Å². The van der Waals surface area contributed by atoms with Gasteiger partial charge in [-0.3, -0.25) is 4.79 Å². The number of nitriles is 1. The molecule has 0 unspecified atom stereocenters. The van der Waals surface area contributed by atoms with E-state index in [1.165, 1.54) is 0 Å². The van der Waals surface area contributed by atoms with Gasteiger partial charge < -0.3 is 9.32 Å². The second-order valence-corrected chi connectivity index (χ2v) is 12.0. The van der Waals surface area contributed by atoms with Crippen molar-refractivity contribution in [3.05, 3.63) is 30.2 Å². The highest BCUT2D eigenvalue weighted by Crippen LogP contribution is 2.70. The lowest BCUT2D eigenvalue weighted by Gasteiger charge is -2.65. The van der Waals surface area contributed by atoms with E-state index < -0.39 is 11.1 Å². The Balaban J connectivity index is 1.21. The molecule has 1 aromatic carbocycles. The lowest BCUT2D eigenvalue weighted by molar-refractivity contribution is -0.211. The minimum Gasteiger partial charge on any atom is -0.420 e. The summed E-state index contributed by atoms with van der Waals surface area (Å²) in [6, 6.07) is 10.4. The Morgan fingerprint density at radius 3 is 2.44 bits per heavy atom. The van der Waals surface area contributed by atoms with E-state index in [2.05, 4.69) is 16.3 Å². The van der Waals surface area contributed by atoms with E-state index in [4.69, 9.17) is 4.42 Å². The van der Waals surface area contributed by atoms with Gasteiger partial charge in [0.1, 0.15) is 5.67 Å². The number of amides is 1. The summed E-state index contributed by atoms with van der Waals surface area (Å²) in [5, 5.41) is 18.1. The maximum Gasteiger partial charge on any atom is 0.247 e. The predicted octanol–water partition coefficient (Wildman–Crippen LogP) is 5.70. The number of alkyl halides is 1. The van der Waals surface area contributed by atoms with E-state index in [1.807, 2.05) is 29.2 Å². The first-order valence-electron chi connectivity index (χ1n) is 12.7. The summed E-state index contributed by atoms with van der Waals surface area (Å²) < 4.78 is 20.3. The summed E-state index contributed by atoms with van der Waals surface area (Å²) in [6.45, 7) is 0.634. The zero-order valence-electron chi connectivity index (χ0n) is 19.4. The smallest absolute Gasteiger partial charge is 0.247 e. The van der Waals surface area contributed by atoms with Crippen molar-refractivity contribution < 1.29 is 13.6 Å². The molecule has 0 aliphatic heterocycles. The molecule has 2 aromatic rings. The molecule has 0 atom stereocenters. The van der Waals surface area contributed by atoms with Crippen molar-refractivity contribution in [1.82, 2.24) is 10.2 Å². The zero-order chi connectivity index (χ0) is 23.2. The van der Waals surface area contributed by atoms with Gasteiger partial charge in [-0.1, -0.05) is 6.07 Å². The van der Waals surface area contributed by atoms with Crippen LogP contribution in [-0.2, 0) is 4.79 Å². The van der Waals surface area contributed by atoms with Gasteiger partial charge in [0.15, 0.2) is 0 Å². The number of benzene rings is 1. The maximum atomic E-state index is 14.4. The summed E-state index contributed by atoms with van der Waals surface area (Å²) >= 11 is 0. The van der Waals surface area contributed by atoms with Crippen molar-refractivity contribution in [2.24, 2.45) is 16.2 Å². The summed E-state index contributed by atoms with van der Waals surface area (Å²) in [4.78, 5) is 15.8. The highest BCUT2D eigenvalue weighted by molar-refractivity contribution is 6.00. The first-order chi connectivity index (χ1) is 16.3. The number of aromatic nitrogens is 2. The number of nitrogens with zero attached hydrogens (tertiary/aromatic N) is 4. The number of anilines is 1. The molecule has 4 bridgehead atoms. The Morgan fingerprint density at radius 1 is 1.12 bits per heavy atom. The summed E-state index contributed by atoms with van der Waals surface area (Å²) in [5.41, 5.74) is -0.157. The van der Waals surface area contributed by atoms with Gasteiger partial charge in [-0.25, -0.2) is 4.39 Å². The number of rotatable bonds is 6. The van der Waals surface area contributed by atoms with E-state index in [-0.39, 0.29) is 16.7 Å². The molecule has 1 amide bonds. The van der Waals surface area contributed by atoms with Crippen LogP contribution in [0, 0.1) is 27.6 Å². The molecule has 7 aliphatic rings. The molecule has 6 nitrogen and oxygen atoms in total. The molecule has 7 fully saturated rings. The molecular weight excluding hydrogens is 431 g/mol. The lowest BCUT2D eigenvalue weighted by Crippen LogP contribution is -2.71. The molecule has 7 aliphatic carbocycles. The fourth-order valence-corrected chi connectivity index (χ4v) is 7.11. The summed E-state index contributed by atoms with van der Waals surface area (Å²) in [6.07, 6.45) is 8.91. The Labute approximate surface area is 198 Å². The van der Waals surface area contributed by atoms with Crippen LogP contribution < -0.4 is 4.90 Å². The molecule has 1 heterocycles. The number of halogens is 1. The van der Waals surface area contributed by atoms with Gasteiger partial charge in [0, 0.05) is 23.7 Å². The first-order valence-corrected chi connectivity index (χ1v) is 12.7. The second-order valence-electron chi connectivity index (χ2n) is 12.0. The topological polar surface area (TPSA) is 83.0 Å². The van der Waals surface area contributed by atoms with Crippen LogP contribution in [-0.4, -0.2) is 28.3 Å². The summed E-state index contributed by atoms with van der Waals surface area (Å²) in [5.74, 6) is 1.62. The fraction of sp³-hybridized carbons (Fsp3) is 0.630. The standard InChI is InChI=1S/C27H29FN4O2/c28-27-13-26(14-27,15-27)23(33)32(17-25-9-6-24(16-29,7-10-25)8-11-25)20-3-1-2-19(12-20)22-31-30-21(34-22)18-4-5-18/h1-3,12,18H,4-11,13-15,17H2. The number of carbonyl (C=O) groups is 1. The third-order valence-electron chi connectivity index (χ3n) is 9.57. The van der Waals surface area contributed by atoms with Gasteiger partial charge in [0.25, 0.3) is 0 Å². The fourth-order valence-electron chi connectivity index (χ4n) is 7.11. The van der Waals surface area contributed by atoms with Crippen molar-refractivity contribution in [3.8, 4) is 17.5 Å². The van der Waals surface area contributed by atoms with Crippen LogP contribution in [0.25, 0.3) is 11.5 Å². The van der Waals surface area contributed by atoms with Crippen molar-refractivity contribution >= 4 is 11.6 Å². The van der Waals surface area contributed by atoms with Gasteiger partial charge >= 0.3 is 0 Å². The van der Waals surface area contributed by atoms with Crippen molar-refractivity contribution in [2.75, 3.05) is 11.4 Å². The van der Waals surface area contributed by atoms with Gasteiger partial charge in [0.05, 0.1) is 16.9 Å². The molecule has 0 N–H and O–H groups in total. The highest BCUT2D eigenvalue weighted by atomic mass is 19.1. The van der Waals surface area contributed by atoms with Gasteiger partial charge in [-0.05, 0) is 94.2 Å². The predicted molar refractivity (Wildman–Crippen MR) is 122 cm³/mol. The Hall–Kier alpha value is -2.75. The van der Waals surface area contributed by atoms with E-state index in [0.29, 0.717) is 43.5 Å². The number of carbonyl (C=O) groups excluding carboxylic acids is 1. The Kier molecular flexibility index (Phi) is 4.05. The van der Waals surface area contributed by atoms with Crippen molar-refractivity contribution in [1.29, 1.82) is 5.26 Å². The third kappa shape index (κ3) is 3.00. The largest absolute Gasteiger partial charge is 0.420 e. The molecule has 7 heteroatoms. The molecule has 0 saturated heterocycles. The average Bonchev–Trinajstić information content (AvgIpc) is 3.57. The van der Waals surface area contributed by atoms with E-state index in [1.54, 1.807) is 0 Å². The first kappa shape index (κ1) is 20.6. The normalized spacial score (nSPS) is 37.4. The maximum absolute atomic E-state index is 14.4. The van der Waals surface area contributed by atoms with Crippen LogP contribution in [0.2, 0.25) is 0 Å². The second kappa shape index (κ2) is 6.68. The Morgan fingerprint density at radius 2 is 1.82 bits per heavy atom. The number of fused-ring (bicyclic) bond motifs is 3. The molecule has 7 saturated carbocycles. The van der Waals surface area contributed by atoms with E-state index in [9.17, 15) is 14.4 Å². The minimum atomic E-state index is -1.12. The molecule has 34 heavy (non-hydrogen) atoms. The van der Waals surface area contributed by atoms with Crippen LogP contribution in [0.5, 0.6) is 0 Å². The molecule has 176 valence electrons. The SMILES string of the molecule is N#CC12CCC(CN(C(=O)C34CC(F)(C3)C4)c3cccc(-c4nnc(C5CC5)o4)c3)(CC1)CC2. The molecule has 0 radical (unpaired) electrons. The molecular formula is C27H29FN4O2. The molecule has 9 rings (SSSR count). The van der Waals surface area contributed by atoms with Gasteiger partial charge in [-0.15, -0.1) is 10.2 Å². The lowest BCUT2D eigenvalue weighted by atomic mass is 9.41. The van der Waals surface area contributed by atoms with Gasteiger partial charge in [-0.2, -0.15) is 5.26 Å². The quantitative estimate of drug-likeness (QED) is 0.552. The average molecular weight is 461 g/mol. The van der Waals surface area contributed by atoms with Crippen LogP contribution in [0.1, 0.15) is 82.4 Å². The monoisotopic (exact) mass is 460 g/mol. The van der Waals surface area contributed by atoms with Crippen LogP contribution in [0.15, 0.2) is 28.7 Å². The van der Waals surface area contributed by atoms with Crippen LogP contribution in [0.3, 0.4) is 0 Å².